The van der Waals surface area contributed by atoms with Gasteiger partial charge in [0.05, 0.1) is 18.1 Å². The minimum Gasteiger partial charge on any atom is -0.357 e. The molecule has 0 unspecified atom stereocenters. The van der Waals surface area contributed by atoms with E-state index in [0.29, 0.717) is 11.6 Å². The van der Waals surface area contributed by atoms with Crippen LogP contribution in [0.15, 0.2) is 49.2 Å². The summed E-state index contributed by atoms with van der Waals surface area (Å²) in [4.78, 5) is 38.8. The van der Waals surface area contributed by atoms with E-state index in [1.54, 1.807) is 24.7 Å². The van der Waals surface area contributed by atoms with Gasteiger partial charge in [0.1, 0.15) is 5.82 Å². The van der Waals surface area contributed by atoms with Crippen LogP contribution in [0.25, 0.3) is 5.95 Å². The van der Waals surface area contributed by atoms with Crippen molar-refractivity contribution >= 4 is 23.3 Å². The fourth-order valence-corrected chi connectivity index (χ4v) is 2.61. The standard InChI is InChI=1S/C19H22N8O2/c1-3-26(4-2)16-7-6-14(10-22-16)11-23-17(28)18(29)25-15-12-24-27(13-15)19-20-8-5-9-21-19/h5-10,12-13H,3-4,11H2,1-2H3,(H,23,28)(H,25,29). The monoisotopic (exact) mass is 394 g/mol. The Kier molecular flexibility index (Phi) is 6.46. The molecule has 0 saturated carbocycles. The molecule has 3 aromatic heterocycles. The largest absolute Gasteiger partial charge is 0.357 e. The lowest BCUT2D eigenvalue weighted by atomic mass is 10.2. The van der Waals surface area contributed by atoms with Gasteiger partial charge in [0.15, 0.2) is 0 Å². The summed E-state index contributed by atoms with van der Waals surface area (Å²) >= 11 is 0. The number of nitrogens with zero attached hydrogens (tertiary/aromatic N) is 6. The molecule has 0 fully saturated rings. The first-order valence-corrected chi connectivity index (χ1v) is 9.21. The van der Waals surface area contributed by atoms with Crippen LogP contribution in [-0.4, -0.2) is 49.6 Å². The van der Waals surface area contributed by atoms with Crippen molar-refractivity contribution in [1.82, 2.24) is 30.0 Å². The maximum Gasteiger partial charge on any atom is 0.313 e. The third kappa shape index (κ3) is 5.12. The van der Waals surface area contributed by atoms with Crippen LogP contribution in [-0.2, 0) is 16.1 Å². The Bertz CT molecular complexity index is 952. The van der Waals surface area contributed by atoms with E-state index in [1.165, 1.54) is 17.1 Å². The Hall–Kier alpha value is -3.82. The molecule has 0 spiro atoms. The average Bonchev–Trinajstić information content (AvgIpc) is 3.23. The maximum absolute atomic E-state index is 12.1. The lowest BCUT2D eigenvalue weighted by Crippen LogP contribution is -2.34. The zero-order valence-electron chi connectivity index (χ0n) is 16.2. The number of pyridine rings is 1. The highest BCUT2D eigenvalue weighted by Gasteiger charge is 2.15. The van der Waals surface area contributed by atoms with Gasteiger partial charge in [0.2, 0.25) is 5.95 Å². The molecular formula is C19H22N8O2. The second kappa shape index (κ2) is 9.40. The van der Waals surface area contributed by atoms with Gasteiger partial charge in [-0.1, -0.05) is 6.07 Å². The average molecular weight is 394 g/mol. The summed E-state index contributed by atoms with van der Waals surface area (Å²) in [6, 6.07) is 5.46. The molecular weight excluding hydrogens is 372 g/mol. The molecule has 0 aliphatic carbocycles. The zero-order chi connectivity index (χ0) is 20.6. The molecule has 10 heteroatoms. The third-order valence-electron chi connectivity index (χ3n) is 4.15. The van der Waals surface area contributed by atoms with Crippen LogP contribution in [0.5, 0.6) is 0 Å². The molecule has 2 amide bonds. The first-order chi connectivity index (χ1) is 14.1. The highest BCUT2D eigenvalue weighted by atomic mass is 16.2. The number of hydrogen-bond donors (Lipinski definition) is 2. The molecule has 3 rings (SSSR count). The van der Waals surface area contributed by atoms with Crippen molar-refractivity contribution in [2.45, 2.75) is 20.4 Å². The van der Waals surface area contributed by atoms with Gasteiger partial charge in [-0.15, -0.1) is 0 Å². The second-order valence-corrected chi connectivity index (χ2v) is 6.06. The van der Waals surface area contributed by atoms with Gasteiger partial charge in [0.25, 0.3) is 0 Å². The summed E-state index contributed by atoms with van der Waals surface area (Å²) in [5.74, 6) is -0.298. The van der Waals surface area contributed by atoms with Crippen LogP contribution in [0, 0.1) is 0 Å². The zero-order valence-corrected chi connectivity index (χ0v) is 16.2. The van der Waals surface area contributed by atoms with E-state index in [9.17, 15) is 9.59 Å². The molecule has 0 aromatic carbocycles. The summed E-state index contributed by atoms with van der Waals surface area (Å²) in [5.41, 5.74) is 1.17. The van der Waals surface area contributed by atoms with Crippen molar-refractivity contribution in [3.63, 3.8) is 0 Å². The first-order valence-electron chi connectivity index (χ1n) is 9.21. The van der Waals surface area contributed by atoms with E-state index in [1.807, 2.05) is 12.1 Å². The van der Waals surface area contributed by atoms with E-state index in [0.717, 1.165) is 24.5 Å². The Morgan fingerprint density at radius 3 is 2.45 bits per heavy atom. The Morgan fingerprint density at radius 1 is 1.03 bits per heavy atom. The normalized spacial score (nSPS) is 10.4. The number of carbonyl (C=O) groups excluding carboxylic acids is 2. The first kappa shape index (κ1) is 19.9. The molecule has 0 atom stereocenters. The summed E-state index contributed by atoms with van der Waals surface area (Å²) < 4.78 is 1.40. The molecule has 3 heterocycles. The van der Waals surface area contributed by atoms with Gasteiger partial charge in [-0.25, -0.2) is 19.6 Å². The fraction of sp³-hybridized carbons (Fsp3) is 0.263. The minimum absolute atomic E-state index is 0.203. The van der Waals surface area contributed by atoms with Crippen molar-refractivity contribution in [2.24, 2.45) is 0 Å². The van der Waals surface area contributed by atoms with Crippen LogP contribution in [0.3, 0.4) is 0 Å². The highest BCUT2D eigenvalue weighted by molar-refractivity contribution is 6.39. The van der Waals surface area contributed by atoms with Crippen LogP contribution in [0.2, 0.25) is 0 Å². The van der Waals surface area contributed by atoms with Gasteiger partial charge in [-0.2, -0.15) is 5.10 Å². The van der Waals surface area contributed by atoms with Crippen LogP contribution in [0.1, 0.15) is 19.4 Å². The van der Waals surface area contributed by atoms with Gasteiger partial charge in [0, 0.05) is 38.2 Å². The van der Waals surface area contributed by atoms with E-state index in [4.69, 9.17) is 0 Å². The Balaban J connectivity index is 1.52. The summed E-state index contributed by atoms with van der Waals surface area (Å²) in [6.07, 6.45) is 7.79. The molecule has 10 nitrogen and oxygen atoms in total. The van der Waals surface area contributed by atoms with Crippen molar-refractivity contribution in [1.29, 1.82) is 0 Å². The predicted molar refractivity (Wildman–Crippen MR) is 107 cm³/mol. The lowest BCUT2D eigenvalue weighted by Gasteiger charge is -2.19. The smallest absolute Gasteiger partial charge is 0.313 e. The summed E-state index contributed by atoms with van der Waals surface area (Å²) in [5, 5.41) is 9.13. The number of anilines is 2. The van der Waals surface area contributed by atoms with Crippen molar-refractivity contribution in [3.8, 4) is 5.95 Å². The summed E-state index contributed by atoms with van der Waals surface area (Å²) in [6.45, 7) is 6.07. The molecule has 150 valence electrons. The third-order valence-corrected chi connectivity index (χ3v) is 4.15. The molecule has 3 aromatic rings. The van der Waals surface area contributed by atoms with Gasteiger partial charge < -0.3 is 15.5 Å². The quantitative estimate of drug-likeness (QED) is 0.577. The Morgan fingerprint density at radius 2 is 1.79 bits per heavy atom. The Labute approximate surface area is 168 Å². The van der Waals surface area contributed by atoms with Gasteiger partial charge in [-0.05, 0) is 31.5 Å². The van der Waals surface area contributed by atoms with Gasteiger partial charge in [-0.3, -0.25) is 9.59 Å². The van der Waals surface area contributed by atoms with Crippen molar-refractivity contribution in [2.75, 3.05) is 23.3 Å². The SMILES string of the molecule is CCN(CC)c1ccc(CNC(=O)C(=O)Nc2cnn(-c3ncccn3)c2)cn1. The number of aromatic nitrogens is 5. The molecule has 0 aliphatic heterocycles. The van der Waals surface area contributed by atoms with E-state index in [2.05, 4.69) is 49.4 Å². The minimum atomic E-state index is -0.786. The lowest BCUT2D eigenvalue weighted by molar-refractivity contribution is -0.136. The van der Waals surface area contributed by atoms with Crippen LogP contribution >= 0.6 is 0 Å². The van der Waals surface area contributed by atoms with Crippen molar-refractivity contribution < 1.29 is 9.59 Å². The van der Waals surface area contributed by atoms with Crippen LogP contribution in [0.4, 0.5) is 11.5 Å². The van der Waals surface area contributed by atoms with E-state index < -0.39 is 11.8 Å². The molecule has 0 aliphatic rings. The predicted octanol–water partition coefficient (Wildman–Crippen LogP) is 1.16. The van der Waals surface area contributed by atoms with E-state index in [-0.39, 0.29) is 6.54 Å². The van der Waals surface area contributed by atoms with Crippen molar-refractivity contribution in [3.05, 3.63) is 54.7 Å². The highest BCUT2D eigenvalue weighted by Crippen LogP contribution is 2.11. The maximum atomic E-state index is 12.1. The van der Waals surface area contributed by atoms with Gasteiger partial charge >= 0.3 is 11.8 Å². The fourth-order valence-electron chi connectivity index (χ4n) is 2.61. The number of carbonyl (C=O) groups is 2. The van der Waals surface area contributed by atoms with Crippen LogP contribution < -0.4 is 15.5 Å². The summed E-state index contributed by atoms with van der Waals surface area (Å²) in [7, 11) is 0. The number of rotatable bonds is 7. The topological polar surface area (TPSA) is 118 Å². The number of amides is 2. The molecule has 0 saturated heterocycles. The number of nitrogens with one attached hydrogen (secondary N) is 2. The molecule has 29 heavy (non-hydrogen) atoms. The molecule has 0 radical (unpaired) electrons. The molecule has 0 bridgehead atoms. The second-order valence-electron chi connectivity index (χ2n) is 6.06. The molecule has 2 N–H and O–H groups in total. The number of hydrogen-bond acceptors (Lipinski definition) is 7. The van der Waals surface area contributed by atoms with E-state index >= 15 is 0 Å².